The molecule has 0 spiro atoms. The Morgan fingerprint density at radius 2 is 1.77 bits per heavy atom. The molecule has 0 radical (unpaired) electrons. The molecule has 7 nitrogen and oxygen atoms in total. The summed E-state index contributed by atoms with van der Waals surface area (Å²) in [6, 6.07) is 5.20. The van der Waals surface area contributed by atoms with E-state index in [1.54, 1.807) is 46.0 Å². The third-order valence-electron chi connectivity index (χ3n) is 5.05. The number of rotatable bonds is 6. The molecule has 1 aromatic rings. The normalized spacial score (nSPS) is 18.8. The highest BCUT2D eigenvalue weighted by atomic mass is 35.5. The molecule has 1 fully saturated rings. The molecule has 1 heterocycles. The molecule has 2 rings (SSSR count). The summed E-state index contributed by atoms with van der Waals surface area (Å²) < 4.78 is 23.1. The lowest BCUT2D eigenvalue weighted by Crippen LogP contribution is -2.41. The minimum absolute atomic E-state index is 0.0176. The van der Waals surface area contributed by atoms with E-state index in [1.165, 1.54) is 4.90 Å². The number of carbonyl (C=O) groups is 1. The van der Waals surface area contributed by atoms with Gasteiger partial charge in [-0.15, -0.1) is 0 Å². The van der Waals surface area contributed by atoms with Crippen LogP contribution in [0.3, 0.4) is 0 Å². The van der Waals surface area contributed by atoms with Gasteiger partial charge in [-0.05, 0) is 72.1 Å². The molecule has 0 aromatic heterocycles. The van der Waals surface area contributed by atoms with Crippen molar-refractivity contribution in [1.82, 2.24) is 4.90 Å². The van der Waals surface area contributed by atoms with Crippen LogP contribution in [0.15, 0.2) is 18.2 Å². The molecule has 1 aromatic carbocycles. The Balaban J connectivity index is 1.97. The van der Waals surface area contributed by atoms with Crippen LogP contribution in [-0.4, -0.2) is 66.3 Å². The summed E-state index contributed by atoms with van der Waals surface area (Å²) in [6.45, 7) is 13.3. The van der Waals surface area contributed by atoms with E-state index >= 15 is 0 Å². The van der Waals surface area contributed by atoms with Crippen LogP contribution in [0.5, 0.6) is 5.75 Å². The molecular formula is C21H33BClNO6. The lowest BCUT2D eigenvalue weighted by Gasteiger charge is -2.32. The van der Waals surface area contributed by atoms with Gasteiger partial charge in [-0.1, -0.05) is 11.6 Å². The highest BCUT2D eigenvalue weighted by Crippen LogP contribution is 2.36. The summed E-state index contributed by atoms with van der Waals surface area (Å²) in [5.74, 6) is 0.478. The van der Waals surface area contributed by atoms with Crippen LogP contribution in [0.4, 0.5) is 4.79 Å². The average molecular weight is 442 g/mol. The molecule has 1 aliphatic rings. The average Bonchev–Trinajstić information content (AvgIpc) is 2.79. The van der Waals surface area contributed by atoms with Crippen LogP contribution in [0.25, 0.3) is 0 Å². The van der Waals surface area contributed by atoms with Crippen LogP contribution in [0.2, 0.25) is 5.02 Å². The third-order valence-corrected chi connectivity index (χ3v) is 5.27. The van der Waals surface area contributed by atoms with E-state index in [1.807, 2.05) is 27.7 Å². The summed E-state index contributed by atoms with van der Waals surface area (Å²) in [7, 11) is 0.992. The number of benzene rings is 1. The van der Waals surface area contributed by atoms with E-state index in [4.69, 9.17) is 30.4 Å². The predicted molar refractivity (Wildman–Crippen MR) is 118 cm³/mol. The number of aliphatic hydroxyl groups is 1. The van der Waals surface area contributed by atoms with Crippen molar-refractivity contribution in [2.24, 2.45) is 0 Å². The molecule has 9 heteroatoms. The number of amides is 1. The van der Waals surface area contributed by atoms with Crippen molar-refractivity contribution in [3.63, 3.8) is 0 Å². The van der Waals surface area contributed by atoms with Gasteiger partial charge in [0.15, 0.2) is 0 Å². The van der Waals surface area contributed by atoms with Gasteiger partial charge in [0.1, 0.15) is 24.1 Å². The molecule has 0 aliphatic carbocycles. The Morgan fingerprint density at radius 3 is 2.30 bits per heavy atom. The monoisotopic (exact) mass is 441 g/mol. The van der Waals surface area contributed by atoms with Crippen molar-refractivity contribution in [1.29, 1.82) is 0 Å². The van der Waals surface area contributed by atoms with Crippen LogP contribution in [-0.2, 0) is 14.0 Å². The zero-order chi connectivity index (χ0) is 22.9. The quantitative estimate of drug-likeness (QED) is 0.683. The number of ether oxygens (including phenoxy) is 2. The largest absolute Gasteiger partial charge is 0.495 e. The topological polar surface area (TPSA) is 77.5 Å². The number of hydrogen-bond donors (Lipinski definition) is 1. The number of hydrogen-bond acceptors (Lipinski definition) is 6. The van der Waals surface area contributed by atoms with E-state index in [0.29, 0.717) is 10.8 Å². The second-order valence-electron chi connectivity index (χ2n) is 9.63. The summed E-state index contributed by atoms with van der Waals surface area (Å²) in [6.07, 6.45) is -1.41. The molecule has 30 heavy (non-hydrogen) atoms. The maximum Gasteiger partial charge on any atom is 0.495 e. The molecule has 1 saturated heterocycles. The summed E-state index contributed by atoms with van der Waals surface area (Å²) >= 11 is 6.25. The fourth-order valence-electron chi connectivity index (χ4n) is 2.76. The SMILES string of the molecule is CN(CC(O)COc1cc(Cl)cc(B2OC(C)(C)C(C)(C)O2)c1)C(=O)OC(C)(C)C. The smallest absolute Gasteiger partial charge is 0.491 e. The molecule has 1 unspecified atom stereocenters. The van der Waals surface area contributed by atoms with Gasteiger partial charge >= 0.3 is 13.2 Å². The van der Waals surface area contributed by atoms with Gasteiger partial charge in [-0.3, -0.25) is 0 Å². The zero-order valence-corrected chi connectivity index (χ0v) is 19.9. The van der Waals surface area contributed by atoms with Crippen molar-refractivity contribution in [2.45, 2.75) is 71.4 Å². The molecule has 1 amide bonds. The summed E-state index contributed by atoms with van der Waals surface area (Å²) in [4.78, 5) is 13.3. The lowest BCUT2D eigenvalue weighted by molar-refractivity contribution is 0.00578. The highest BCUT2D eigenvalue weighted by Gasteiger charge is 2.51. The van der Waals surface area contributed by atoms with Crippen molar-refractivity contribution >= 4 is 30.3 Å². The van der Waals surface area contributed by atoms with E-state index in [2.05, 4.69) is 0 Å². The molecule has 1 N–H and O–H groups in total. The summed E-state index contributed by atoms with van der Waals surface area (Å²) in [5, 5.41) is 10.7. The van der Waals surface area contributed by atoms with Crippen LogP contribution in [0.1, 0.15) is 48.5 Å². The molecule has 1 atom stereocenters. The predicted octanol–water partition coefficient (Wildman–Crippen LogP) is 3.25. The van der Waals surface area contributed by atoms with Crippen LogP contribution >= 0.6 is 11.6 Å². The first-order valence-corrected chi connectivity index (χ1v) is 10.4. The third kappa shape index (κ3) is 6.51. The maximum atomic E-state index is 12.0. The first-order valence-electron chi connectivity index (χ1n) is 10.0. The Kier molecular flexibility index (Phi) is 7.39. The number of halogens is 1. The maximum absolute atomic E-state index is 12.0. The van der Waals surface area contributed by atoms with Crippen LogP contribution in [0, 0.1) is 0 Å². The van der Waals surface area contributed by atoms with Gasteiger partial charge in [-0.2, -0.15) is 0 Å². The number of nitrogens with zero attached hydrogens (tertiary/aromatic N) is 1. The first kappa shape index (κ1) is 24.8. The zero-order valence-electron chi connectivity index (χ0n) is 19.1. The molecule has 0 bridgehead atoms. The van der Waals surface area contributed by atoms with Gasteiger partial charge in [0.25, 0.3) is 0 Å². The Bertz CT molecular complexity index is 748. The fraction of sp³-hybridized carbons (Fsp3) is 0.667. The van der Waals surface area contributed by atoms with Crippen molar-refractivity contribution in [3.8, 4) is 5.75 Å². The van der Waals surface area contributed by atoms with E-state index in [-0.39, 0.29) is 13.2 Å². The number of likely N-dealkylation sites (N-methyl/N-ethyl adjacent to an activating group) is 1. The Labute approximate surface area is 184 Å². The van der Waals surface area contributed by atoms with Gasteiger partial charge in [0.05, 0.1) is 17.7 Å². The minimum Gasteiger partial charge on any atom is -0.491 e. The molecular weight excluding hydrogens is 408 g/mol. The van der Waals surface area contributed by atoms with Crippen molar-refractivity contribution in [2.75, 3.05) is 20.2 Å². The van der Waals surface area contributed by atoms with Crippen molar-refractivity contribution < 1.29 is 28.7 Å². The molecule has 1 aliphatic heterocycles. The highest BCUT2D eigenvalue weighted by molar-refractivity contribution is 6.62. The van der Waals surface area contributed by atoms with Crippen LogP contribution < -0.4 is 10.2 Å². The Morgan fingerprint density at radius 1 is 1.20 bits per heavy atom. The lowest BCUT2D eigenvalue weighted by atomic mass is 9.79. The van der Waals surface area contributed by atoms with Gasteiger partial charge in [-0.25, -0.2) is 4.79 Å². The number of aliphatic hydroxyl groups excluding tert-OH is 1. The fourth-order valence-corrected chi connectivity index (χ4v) is 2.99. The Hall–Kier alpha value is -1.48. The van der Waals surface area contributed by atoms with E-state index in [0.717, 1.165) is 5.46 Å². The first-order chi connectivity index (χ1) is 13.6. The standard InChI is InChI=1S/C21H33BClNO6/c1-19(2,3)28-18(26)24(8)12-16(25)13-27-17-10-14(9-15(23)11-17)22-29-20(4,5)21(6,7)30-22/h9-11,16,25H,12-13H2,1-8H3. The number of carbonyl (C=O) groups excluding carboxylic acids is 1. The van der Waals surface area contributed by atoms with Gasteiger partial charge in [0.2, 0.25) is 0 Å². The second kappa shape index (κ2) is 8.95. The minimum atomic E-state index is -0.901. The molecule has 168 valence electrons. The van der Waals surface area contributed by atoms with E-state index in [9.17, 15) is 9.90 Å². The summed E-state index contributed by atoms with van der Waals surface area (Å²) in [5.41, 5.74) is -0.804. The van der Waals surface area contributed by atoms with Crippen molar-refractivity contribution in [3.05, 3.63) is 23.2 Å². The second-order valence-corrected chi connectivity index (χ2v) is 10.1. The van der Waals surface area contributed by atoms with Gasteiger partial charge in [0, 0.05) is 12.1 Å². The van der Waals surface area contributed by atoms with E-state index < -0.39 is 36.1 Å². The van der Waals surface area contributed by atoms with Gasteiger partial charge < -0.3 is 28.8 Å². The molecule has 0 saturated carbocycles.